The van der Waals surface area contributed by atoms with Gasteiger partial charge >= 0.3 is 0 Å². The number of hydrogen-bond acceptors (Lipinski definition) is 1. The van der Waals surface area contributed by atoms with Crippen molar-refractivity contribution in [3.8, 4) is 0 Å². The third-order valence-corrected chi connectivity index (χ3v) is 1.51. The van der Waals surface area contributed by atoms with Gasteiger partial charge in [-0.1, -0.05) is 38.0 Å². The van der Waals surface area contributed by atoms with Gasteiger partial charge in [-0.3, -0.25) is 9.69 Å². The van der Waals surface area contributed by atoms with Crippen LogP contribution in [0.4, 0.5) is 0 Å². The van der Waals surface area contributed by atoms with Gasteiger partial charge in [0.25, 0.3) is 0 Å². The Hall–Kier alpha value is -1.83. The van der Waals surface area contributed by atoms with E-state index in [0.717, 1.165) is 0 Å². The molecule has 0 aliphatic carbocycles. The summed E-state index contributed by atoms with van der Waals surface area (Å²) in [6.45, 7) is 12.8. The van der Waals surface area contributed by atoms with E-state index >= 15 is 0 Å². The highest BCUT2D eigenvalue weighted by Gasteiger charge is 2.04. The Balaban J connectivity index is 4.63. The van der Waals surface area contributed by atoms with E-state index in [2.05, 4.69) is 19.7 Å². The Morgan fingerprint density at radius 2 is 1.79 bits per heavy atom. The lowest BCUT2D eigenvalue weighted by molar-refractivity contribution is -0.114. The lowest BCUT2D eigenvalue weighted by Gasteiger charge is -2.17. The third kappa shape index (κ3) is 3.72. The molecule has 0 fully saturated rings. The predicted octanol–water partition coefficient (Wildman–Crippen LogP) is 2.79. The molecule has 0 unspecified atom stereocenters. The van der Waals surface area contributed by atoms with Crippen molar-refractivity contribution in [3.05, 3.63) is 61.5 Å². The maximum atomic E-state index is 10.7. The van der Waals surface area contributed by atoms with Crippen LogP contribution in [0.1, 0.15) is 6.92 Å². The Morgan fingerprint density at radius 1 is 1.21 bits per heavy atom. The standard InChI is InChI=1S/C12H15NO/c1-5-7-9-12(4)13(10-14)11(3)8-6-2/h5-10H,1,3-4H2,2H3/b8-6-,9-7-. The smallest absolute Gasteiger partial charge is 0.218 e. The lowest BCUT2D eigenvalue weighted by Crippen LogP contribution is -2.16. The summed E-state index contributed by atoms with van der Waals surface area (Å²) < 4.78 is 0. The minimum absolute atomic E-state index is 0.558. The highest BCUT2D eigenvalue weighted by atomic mass is 16.1. The average Bonchev–Trinajstić information content (AvgIpc) is 2.16. The molecule has 0 saturated carbocycles. The summed E-state index contributed by atoms with van der Waals surface area (Å²) in [6, 6.07) is 0. The van der Waals surface area contributed by atoms with Gasteiger partial charge in [0.2, 0.25) is 6.41 Å². The fraction of sp³-hybridized carbons (Fsp3) is 0.0833. The van der Waals surface area contributed by atoms with Crippen LogP contribution in [-0.2, 0) is 4.79 Å². The fourth-order valence-corrected chi connectivity index (χ4v) is 0.852. The van der Waals surface area contributed by atoms with Crippen molar-refractivity contribution in [2.24, 2.45) is 0 Å². The van der Waals surface area contributed by atoms with Crippen molar-refractivity contribution >= 4 is 6.41 Å². The summed E-state index contributed by atoms with van der Waals surface area (Å²) in [5, 5.41) is 0. The number of allylic oxidation sites excluding steroid dienone is 5. The number of amides is 1. The molecular formula is C12H15NO. The molecule has 0 atom stereocenters. The monoisotopic (exact) mass is 189 g/mol. The topological polar surface area (TPSA) is 20.3 Å². The molecule has 0 aliphatic rings. The zero-order valence-electron chi connectivity index (χ0n) is 8.44. The quantitative estimate of drug-likeness (QED) is 0.464. The first-order valence-electron chi connectivity index (χ1n) is 4.21. The first kappa shape index (κ1) is 12.2. The zero-order valence-corrected chi connectivity index (χ0v) is 8.44. The van der Waals surface area contributed by atoms with E-state index in [9.17, 15) is 4.79 Å². The molecule has 2 heteroatoms. The predicted molar refractivity (Wildman–Crippen MR) is 60.3 cm³/mol. The average molecular weight is 189 g/mol. The summed E-state index contributed by atoms with van der Waals surface area (Å²) in [6.07, 6.45) is 9.24. The largest absolute Gasteiger partial charge is 0.285 e. The van der Waals surface area contributed by atoms with Crippen LogP contribution in [0.5, 0.6) is 0 Å². The third-order valence-electron chi connectivity index (χ3n) is 1.51. The van der Waals surface area contributed by atoms with Crippen LogP contribution in [0.2, 0.25) is 0 Å². The molecule has 74 valence electrons. The highest BCUT2D eigenvalue weighted by Crippen LogP contribution is 2.09. The maximum absolute atomic E-state index is 10.7. The molecule has 0 aromatic rings. The molecule has 0 aliphatic heterocycles. The van der Waals surface area contributed by atoms with E-state index in [0.29, 0.717) is 17.8 Å². The number of hydrogen-bond donors (Lipinski definition) is 0. The normalized spacial score (nSPS) is 10.4. The highest BCUT2D eigenvalue weighted by molar-refractivity contribution is 5.57. The molecule has 1 amide bonds. The SMILES string of the molecule is C=C/C=C\C(=C)N(C=O)C(=C)/C=C\C. The Morgan fingerprint density at radius 3 is 2.21 bits per heavy atom. The molecule has 0 radical (unpaired) electrons. The van der Waals surface area contributed by atoms with Crippen molar-refractivity contribution in [1.82, 2.24) is 4.90 Å². The zero-order chi connectivity index (χ0) is 11.0. The van der Waals surface area contributed by atoms with Crippen molar-refractivity contribution in [1.29, 1.82) is 0 Å². The van der Waals surface area contributed by atoms with E-state index in [1.807, 2.05) is 13.0 Å². The molecule has 14 heavy (non-hydrogen) atoms. The van der Waals surface area contributed by atoms with Gasteiger partial charge in [0, 0.05) is 11.4 Å². The molecule has 0 aromatic heterocycles. The molecular weight excluding hydrogens is 174 g/mol. The molecule has 2 nitrogen and oxygen atoms in total. The summed E-state index contributed by atoms with van der Waals surface area (Å²) >= 11 is 0. The van der Waals surface area contributed by atoms with Crippen LogP contribution in [0.25, 0.3) is 0 Å². The number of nitrogens with zero attached hydrogens (tertiary/aromatic N) is 1. The van der Waals surface area contributed by atoms with E-state index < -0.39 is 0 Å². The molecule has 0 heterocycles. The van der Waals surface area contributed by atoms with E-state index in [-0.39, 0.29) is 0 Å². The number of rotatable bonds is 6. The number of carbonyl (C=O) groups excluding carboxylic acids is 1. The Kier molecular flexibility index (Phi) is 5.79. The Labute approximate surface area is 85.2 Å². The van der Waals surface area contributed by atoms with Crippen molar-refractivity contribution < 1.29 is 4.79 Å². The lowest BCUT2D eigenvalue weighted by atomic mass is 10.3. The first-order valence-corrected chi connectivity index (χ1v) is 4.21. The summed E-state index contributed by atoms with van der Waals surface area (Å²) in [4.78, 5) is 12.1. The van der Waals surface area contributed by atoms with Gasteiger partial charge in [-0.05, 0) is 19.1 Å². The van der Waals surface area contributed by atoms with E-state index in [4.69, 9.17) is 0 Å². The van der Waals surface area contributed by atoms with Crippen molar-refractivity contribution in [3.63, 3.8) is 0 Å². The molecule has 0 N–H and O–H groups in total. The van der Waals surface area contributed by atoms with Crippen LogP contribution in [0, 0.1) is 0 Å². The van der Waals surface area contributed by atoms with Crippen LogP contribution in [-0.4, -0.2) is 11.3 Å². The van der Waals surface area contributed by atoms with Gasteiger partial charge in [-0.2, -0.15) is 0 Å². The summed E-state index contributed by atoms with van der Waals surface area (Å²) in [5.41, 5.74) is 1.14. The van der Waals surface area contributed by atoms with Crippen LogP contribution in [0.3, 0.4) is 0 Å². The molecule has 0 aromatic carbocycles. The molecule has 0 rings (SSSR count). The van der Waals surface area contributed by atoms with Crippen LogP contribution >= 0.6 is 0 Å². The fourth-order valence-electron chi connectivity index (χ4n) is 0.852. The van der Waals surface area contributed by atoms with Gasteiger partial charge in [0.1, 0.15) is 0 Å². The summed E-state index contributed by atoms with van der Waals surface area (Å²) in [5.74, 6) is 0. The van der Waals surface area contributed by atoms with Gasteiger partial charge in [-0.15, -0.1) is 0 Å². The van der Waals surface area contributed by atoms with Crippen LogP contribution < -0.4 is 0 Å². The first-order chi connectivity index (χ1) is 6.67. The second-order valence-corrected chi connectivity index (χ2v) is 2.55. The second kappa shape index (κ2) is 6.66. The van der Waals surface area contributed by atoms with E-state index in [1.54, 1.807) is 24.3 Å². The summed E-state index contributed by atoms with van der Waals surface area (Å²) in [7, 11) is 0. The molecule has 0 spiro atoms. The van der Waals surface area contributed by atoms with Gasteiger partial charge < -0.3 is 0 Å². The van der Waals surface area contributed by atoms with Gasteiger partial charge in [0.05, 0.1) is 0 Å². The molecule has 0 saturated heterocycles. The van der Waals surface area contributed by atoms with Crippen molar-refractivity contribution in [2.45, 2.75) is 6.92 Å². The second-order valence-electron chi connectivity index (χ2n) is 2.55. The number of carbonyl (C=O) groups is 1. The maximum Gasteiger partial charge on any atom is 0.218 e. The molecule has 0 bridgehead atoms. The van der Waals surface area contributed by atoms with E-state index in [1.165, 1.54) is 4.90 Å². The van der Waals surface area contributed by atoms with Gasteiger partial charge in [-0.25, -0.2) is 0 Å². The minimum atomic E-state index is 0.558. The minimum Gasteiger partial charge on any atom is -0.285 e. The van der Waals surface area contributed by atoms with Crippen molar-refractivity contribution in [2.75, 3.05) is 0 Å². The van der Waals surface area contributed by atoms with Gasteiger partial charge in [0.15, 0.2) is 0 Å². The van der Waals surface area contributed by atoms with Crippen LogP contribution in [0.15, 0.2) is 61.5 Å². The Bertz CT molecular complexity index is 297.